The molecule has 0 saturated heterocycles. The lowest BCUT2D eigenvalue weighted by Crippen LogP contribution is -1.73. The van der Waals surface area contributed by atoms with E-state index in [9.17, 15) is 4.39 Å². The summed E-state index contributed by atoms with van der Waals surface area (Å²) in [5, 5.41) is 0. The molecule has 1 aromatic rings. The third-order valence-corrected chi connectivity index (χ3v) is 0.804. The molecule has 1 heterocycles. The first-order valence-corrected chi connectivity index (χ1v) is 2.37. The molecular weight excluding hydrogens is 117 g/mol. The first-order valence-electron chi connectivity index (χ1n) is 2.37. The Bertz CT molecular complexity index is 232. The molecule has 0 fully saturated rings. The second-order valence-electron chi connectivity index (χ2n) is 1.37. The van der Waals surface area contributed by atoms with Gasteiger partial charge in [0.05, 0.1) is 0 Å². The predicted octanol–water partition coefficient (Wildman–Crippen LogP) is 1.16. The Morgan fingerprint density at radius 1 is 1.67 bits per heavy atom. The maximum absolute atomic E-state index is 11.3. The van der Waals surface area contributed by atoms with Crippen LogP contribution in [0.25, 0.3) is 0 Å². The van der Waals surface area contributed by atoms with Crippen molar-refractivity contribution in [3.05, 3.63) is 30.1 Å². The second kappa shape index (κ2) is 2.83. The van der Waals surface area contributed by atoms with E-state index in [1.165, 1.54) is 18.6 Å². The molecule has 0 atom stereocenters. The number of halogens is 1. The van der Waals surface area contributed by atoms with Crippen molar-refractivity contribution >= 4 is 0 Å². The van der Waals surface area contributed by atoms with Crippen molar-refractivity contribution in [2.45, 2.75) is 0 Å². The molecule has 9 heavy (non-hydrogen) atoms. The summed E-state index contributed by atoms with van der Waals surface area (Å²) in [6.07, 6.45) is 4.26. The summed E-state index contributed by atoms with van der Waals surface area (Å²) in [5.41, 5.74) is 0.521. The number of hydrogen-bond acceptors (Lipinski definition) is 1. The van der Waals surface area contributed by atoms with Gasteiger partial charge in [0.15, 0.2) is 0 Å². The summed E-state index contributed by atoms with van der Waals surface area (Å²) in [4.78, 5) is 3.68. The van der Waals surface area contributed by atoms with Crippen molar-refractivity contribution in [1.82, 2.24) is 4.98 Å². The Morgan fingerprint density at radius 2 is 2.56 bits per heavy atom. The van der Waals surface area contributed by atoms with Crippen molar-refractivity contribution in [2.75, 3.05) is 0 Å². The average Bonchev–Trinajstić information content (AvgIpc) is 1.91. The molecule has 0 spiro atoms. The van der Waals surface area contributed by atoms with Gasteiger partial charge in [-0.2, -0.15) is 0 Å². The van der Waals surface area contributed by atoms with E-state index in [1.807, 2.05) is 0 Å². The summed E-state index contributed by atoms with van der Waals surface area (Å²) in [6.45, 7) is 0. The van der Waals surface area contributed by atoms with Gasteiger partial charge in [0.1, 0.15) is 6.17 Å². The minimum atomic E-state index is 0.521. The zero-order chi connectivity index (χ0) is 6.53. The molecule has 2 heteroatoms. The van der Waals surface area contributed by atoms with Crippen molar-refractivity contribution < 1.29 is 4.39 Å². The topological polar surface area (TPSA) is 12.9 Å². The number of nitrogens with zero attached hydrogens (tertiary/aromatic N) is 1. The van der Waals surface area contributed by atoms with Gasteiger partial charge in [0.25, 0.3) is 0 Å². The van der Waals surface area contributed by atoms with E-state index in [0.29, 0.717) is 5.56 Å². The SMILES string of the molecule is FC#Cc1[c]cncc1. The quantitative estimate of drug-likeness (QED) is 0.468. The van der Waals surface area contributed by atoms with Crippen LogP contribution in [-0.2, 0) is 0 Å². The minimum absolute atomic E-state index is 0.521. The largest absolute Gasteiger partial charge is 0.264 e. The van der Waals surface area contributed by atoms with E-state index >= 15 is 0 Å². The summed E-state index contributed by atoms with van der Waals surface area (Å²) in [7, 11) is 0. The molecule has 0 aromatic carbocycles. The van der Waals surface area contributed by atoms with Gasteiger partial charge in [-0.15, -0.1) is 4.39 Å². The maximum Gasteiger partial charge on any atom is 0.111 e. The van der Waals surface area contributed by atoms with Crippen LogP contribution < -0.4 is 0 Å². The monoisotopic (exact) mass is 120 g/mol. The third kappa shape index (κ3) is 1.54. The highest BCUT2D eigenvalue weighted by atomic mass is 19.1. The number of aromatic nitrogens is 1. The molecule has 0 bridgehead atoms. The van der Waals surface area contributed by atoms with Gasteiger partial charge in [-0.25, -0.2) is 0 Å². The van der Waals surface area contributed by atoms with E-state index in [-0.39, 0.29) is 0 Å². The summed E-state index contributed by atoms with van der Waals surface area (Å²) in [5.74, 6) is 2.20. The molecule has 1 aromatic heterocycles. The Morgan fingerprint density at radius 3 is 3.11 bits per heavy atom. The van der Waals surface area contributed by atoms with Crippen LogP contribution in [0, 0.1) is 18.2 Å². The molecule has 0 aliphatic heterocycles. The average molecular weight is 120 g/mol. The van der Waals surface area contributed by atoms with E-state index in [1.54, 1.807) is 6.07 Å². The summed E-state index contributed by atoms with van der Waals surface area (Å²) in [6, 6.07) is 4.23. The fourth-order valence-electron chi connectivity index (χ4n) is 0.444. The summed E-state index contributed by atoms with van der Waals surface area (Å²) >= 11 is 0. The predicted molar refractivity (Wildman–Crippen MR) is 31.1 cm³/mol. The van der Waals surface area contributed by atoms with E-state index < -0.39 is 0 Å². The van der Waals surface area contributed by atoms with Crippen LogP contribution in [0.5, 0.6) is 0 Å². The highest BCUT2D eigenvalue weighted by Gasteiger charge is 1.80. The van der Waals surface area contributed by atoms with E-state index in [0.717, 1.165) is 0 Å². The van der Waals surface area contributed by atoms with Gasteiger partial charge >= 0.3 is 0 Å². The standard InChI is InChI=1S/C7H3FN/c8-4-1-7-2-5-9-6-3-7/h2,5-6H. The third-order valence-electron chi connectivity index (χ3n) is 0.804. The van der Waals surface area contributed by atoms with Crippen molar-refractivity contribution in [1.29, 1.82) is 0 Å². The van der Waals surface area contributed by atoms with Crippen LogP contribution in [0.4, 0.5) is 4.39 Å². The van der Waals surface area contributed by atoms with Gasteiger partial charge in [-0.05, 0) is 12.0 Å². The van der Waals surface area contributed by atoms with Crippen LogP contribution in [0.2, 0.25) is 0 Å². The highest BCUT2D eigenvalue weighted by molar-refractivity contribution is 5.28. The van der Waals surface area contributed by atoms with Gasteiger partial charge in [0.2, 0.25) is 0 Å². The molecule has 1 radical (unpaired) electrons. The van der Waals surface area contributed by atoms with Gasteiger partial charge < -0.3 is 0 Å². The van der Waals surface area contributed by atoms with Gasteiger partial charge in [0, 0.05) is 24.0 Å². The minimum Gasteiger partial charge on any atom is -0.264 e. The Hall–Kier alpha value is -1.36. The van der Waals surface area contributed by atoms with E-state index in [2.05, 4.69) is 17.0 Å². The van der Waals surface area contributed by atoms with Crippen molar-refractivity contribution in [3.8, 4) is 12.1 Å². The van der Waals surface area contributed by atoms with Crippen LogP contribution in [-0.4, -0.2) is 4.98 Å². The fraction of sp³-hybridized carbons (Fsp3) is 0. The van der Waals surface area contributed by atoms with Crippen molar-refractivity contribution in [2.24, 2.45) is 0 Å². The molecular formula is C7H3FN. The Labute approximate surface area is 52.5 Å². The first kappa shape index (κ1) is 5.77. The molecule has 1 rings (SSSR count). The second-order valence-corrected chi connectivity index (χ2v) is 1.37. The molecule has 0 amide bonds. The molecule has 0 aliphatic carbocycles. The lowest BCUT2D eigenvalue weighted by Gasteiger charge is -1.81. The van der Waals surface area contributed by atoms with Crippen molar-refractivity contribution in [3.63, 3.8) is 0 Å². The normalized spacial score (nSPS) is 7.67. The van der Waals surface area contributed by atoms with Gasteiger partial charge in [-0.1, -0.05) is 0 Å². The Balaban J connectivity index is 2.94. The number of hydrogen-bond donors (Lipinski definition) is 0. The molecule has 0 saturated carbocycles. The van der Waals surface area contributed by atoms with Crippen LogP contribution >= 0.6 is 0 Å². The summed E-state index contributed by atoms with van der Waals surface area (Å²) < 4.78 is 11.3. The number of pyridine rings is 1. The molecule has 0 N–H and O–H groups in total. The zero-order valence-corrected chi connectivity index (χ0v) is 4.56. The molecule has 0 aliphatic rings. The van der Waals surface area contributed by atoms with E-state index in [4.69, 9.17) is 0 Å². The van der Waals surface area contributed by atoms with Crippen LogP contribution in [0.3, 0.4) is 0 Å². The maximum atomic E-state index is 11.3. The highest BCUT2D eigenvalue weighted by Crippen LogP contribution is 1.89. The molecule has 43 valence electrons. The zero-order valence-electron chi connectivity index (χ0n) is 4.56. The fourth-order valence-corrected chi connectivity index (χ4v) is 0.444. The molecule has 1 nitrogen and oxygen atoms in total. The lowest BCUT2D eigenvalue weighted by molar-refractivity contribution is 0.773. The lowest BCUT2D eigenvalue weighted by atomic mass is 10.3. The Kier molecular flexibility index (Phi) is 1.81. The van der Waals surface area contributed by atoms with Crippen LogP contribution in [0.1, 0.15) is 5.56 Å². The first-order chi connectivity index (χ1) is 4.43. The van der Waals surface area contributed by atoms with Crippen LogP contribution in [0.15, 0.2) is 18.5 Å². The number of rotatable bonds is 0. The molecule has 0 unspecified atom stereocenters. The smallest absolute Gasteiger partial charge is 0.111 e. The van der Waals surface area contributed by atoms with Gasteiger partial charge in [-0.3, -0.25) is 4.98 Å².